The first-order valence-corrected chi connectivity index (χ1v) is 10.8. The minimum absolute atomic E-state index is 0.00491. The zero-order valence-electron chi connectivity index (χ0n) is 17.3. The number of aromatic nitrogens is 1. The number of carbonyl (C=O) groups excluding carboxylic acids is 2. The first-order chi connectivity index (χ1) is 15.4. The number of fused-ring (bicyclic) bond motifs is 1. The molecule has 0 aliphatic carbocycles. The van der Waals surface area contributed by atoms with E-state index in [-0.39, 0.29) is 12.2 Å². The molecule has 2 aromatic carbocycles. The van der Waals surface area contributed by atoms with Gasteiger partial charge < -0.3 is 26.5 Å². The van der Waals surface area contributed by atoms with Crippen LogP contribution in [0.2, 0.25) is 0 Å². The number of H-pyrrole nitrogens is 1. The largest absolute Gasteiger partial charge is 0.480 e. The molecular formula is C23H26N4O4S. The molecule has 0 spiro atoms. The lowest BCUT2D eigenvalue weighted by molar-refractivity contribution is -0.142. The Morgan fingerprint density at radius 2 is 1.59 bits per heavy atom. The van der Waals surface area contributed by atoms with Crippen LogP contribution in [0.25, 0.3) is 10.9 Å². The molecule has 0 saturated heterocycles. The molecule has 0 aliphatic heterocycles. The molecule has 9 heteroatoms. The number of nitrogens with two attached hydrogens (primary N) is 1. The Morgan fingerprint density at radius 1 is 0.938 bits per heavy atom. The third kappa shape index (κ3) is 5.89. The van der Waals surface area contributed by atoms with E-state index in [0.717, 1.165) is 22.0 Å². The number of para-hydroxylation sites is 1. The van der Waals surface area contributed by atoms with Gasteiger partial charge in [0.15, 0.2) is 0 Å². The summed E-state index contributed by atoms with van der Waals surface area (Å²) in [6, 6.07) is 13.8. The first kappa shape index (κ1) is 23.4. The van der Waals surface area contributed by atoms with Gasteiger partial charge in [-0.3, -0.25) is 9.59 Å². The molecule has 3 aromatic rings. The summed E-state index contributed by atoms with van der Waals surface area (Å²) in [6.07, 6.45) is 2.13. The van der Waals surface area contributed by atoms with Crippen LogP contribution in [0.3, 0.4) is 0 Å². The number of carboxylic acids is 1. The van der Waals surface area contributed by atoms with Crippen LogP contribution in [-0.4, -0.2) is 51.8 Å². The van der Waals surface area contributed by atoms with Crippen molar-refractivity contribution in [2.75, 3.05) is 5.75 Å². The average molecular weight is 455 g/mol. The second kappa shape index (κ2) is 10.8. The van der Waals surface area contributed by atoms with Gasteiger partial charge in [0.2, 0.25) is 11.8 Å². The van der Waals surface area contributed by atoms with Crippen molar-refractivity contribution in [3.05, 3.63) is 71.9 Å². The normalized spacial score (nSPS) is 13.8. The number of rotatable bonds is 10. The smallest absolute Gasteiger partial charge is 0.326 e. The molecule has 6 N–H and O–H groups in total. The lowest BCUT2D eigenvalue weighted by Crippen LogP contribution is -2.55. The van der Waals surface area contributed by atoms with Gasteiger partial charge in [-0.25, -0.2) is 4.79 Å². The maximum absolute atomic E-state index is 12.7. The molecule has 3 atom stereocenters. The second-order valence-electron chi connectivity index (χ2n) is 7.50. The molecule has 2 amide bonds. The van der Waals surface area contributed by atoms with Gasteiger partial charge in [0.1, 0.15) is 12.1 Å². The van der Waals surface area contributed by atoms with Crippen LogP contribution < -0.4 is 16.4 Å². The number of benzene rings is 2. The first-order valence-electron chi connectivity index (χ1n) is 10.2. The van der Waals surface area contributed by atoms with Crippen LogP contribution in [0.15, 0.2) is 60.8 Å². The number of carbonyl (C=O) groups is 3. The Morgan fingerprint density at radius 3 is 2.28 bits per heavy atom. The van der Waals surface area contributed by atoms with E-state index in [2.05, 4.69) is 28.2 Å². The summed E-state index contributed by atoms with van der Waals surface area (Å²) in [6.45, 7) is 0. The van der Waals surface area contributed by atoms with Crippen LogP contribution in [0, 0.1) is 0 Å². The third-order valence-electron chi connectivity index (χ3n) is 5.16. The number of aliphatic carboxylic acids is 1. The number of amides is 2. The zero-order chi connectivity index (χ0) is 23.1. The Balaban J connectivity index is 1.62. The Bertz CT molecular complexity index is 1090. The van der Waals surface area contributed by atoms with Gasteiger partial charge in [0.05, 0.1) is 6.04 Å². The molecular weight excluding hydrogens is 428 g/mol. The molecule has 3 rings (SSSR count). The van der Waals surface area contributed by atoms with Gasteiger partial charge in [-0.1, -0.05) is 48.5 Å². The SMILES string of the molecule is NC(Cc1ccccc1)C(=O)NC(CS)C(=O)NC(Cc1c[nH]c2ccccc12)C(=O)O. The lowest BCUT2D eigenvalue weighted by Gasteiger charge is -2.21. The highest BCUT2D eigenvalue weighted by atomic mass is 32.1. The Labute approximate surface area is 191 Å². The maximum atomic E-state index is 12.7. The number of hydrogen-bond donors (Lipinski definition) is 6. The molecule has 8 nitrogen and oxygen atoms in total. The molecule has 0 fully saturated rings. The molecule has 0 radical (unpaired) electrons. The highest BCUT2D eigenvalue weighted by Gasteiger charge is 2.28. The molecule has 3 unspecified atom stereocenters. The molecule has 32 heavy (non-hydrogen) atoms. The van der Waals surface area contributed by atoms with Crippen molar-refractivity contribution in [1.29, 1.82) is 0 Å². The number of nitrogens with one attached hydrogen (secondary N) is 3. The molecule has 168 valence electrons. The number of aromatic amines is 1. The molecule has 0 aliphatic rings. The lowest BCUT2D eigenvalue weighted by atomic mass is 10.0. The van der Waals surface area contributed by atoms with Crippen molar-refractivity contribution in [3.8, 4) is 0 Å². The van der Waals surface area contributed by atoms with E-state index in [1.807, 2.05) is 54.6 Å². The highest BCUT2D eigenvalue weighted by molar-refractivity contribution is 7.80. The van der Waals surface area contributed by atoms with Gasteiger partial charge in [0.25, 0.3) is 0 Å². The van der Waals surface area contributed by atoms with E-state index < -0.39 is 35.9 Å². The minimum Gasteiger partial charge on any atom is -0.480 e. The van der Waals surface area contributed by atoms with Gasteiger partial charge >= 0.3 is 5.97 Å². The molecule has 0 saturated carbocycles. The van der Waals surface area contributed by atoms with Crippen molar-refractivity contribution in [3.63, 3.8) is 0 Å². The topological polar surface area (TPSA) is 137 Å². The van der Waals surface area contributed by atoms with Crippen LogP contribution in [0.5, 0.6) is 0 Å². The predicted octanol–water partition coefficient (Wildman–Crippen LogP) is 1.26. The van der Waals surface area contributed by atoms with Gasteiger partial charge in [-0.15, -0.1) is 0 Å². The third-order valence-corrected chi connectivity index (χ3v) is 5.53. The fourth-order valence-electron chi connectivity index (χ4n) is 3.43. The number of thiol groups is 1. The van der Waals surface area contributed by atoms with Crippen molar-refractivity contribution in [2.45, 2.75) is 31.0 Å². The Kier molecular flexibility index (Phi) is 7.91. The van der Waals surface area contributed by atoms with Crippen molar-refractivity contribution in [1.82, 2.24) is 15.6 Å². The monoisotopic (exact) mass is 454 g/mol. The maximum Gasteiger partial charge on any atom is 0.326 e. The van der Waals surface area contributed by atoms with Gasteiger partial charge in [-0.2, -0.15) is 12.6 Å². The van der Waals surface area contributed by atoms with Crippen LogP contribution in [0.4, 0.5) is 0 Å². The standard InChI is InChI=1S/C23H26N4O4S/c24-17(10-14-6-2-1-3-7-14)21(28)27-20(13-32)22(29)26-19(23(30)31)11-15-12-25-18-9-5-4-8-16(15)18/h1-9,12,17,19-20,25,32H,10-11,13,24H2,(H,26,29)(H,27,28)(H,30,31). The van der Waals surface area contributed by atoms with E-state index in [1.165, 1.54) is 0 Å². The zero-order valence-corrected chi connectivity index (χ0v) is 18.2. The number of carboxylic acid groups (broad SMARTS) is 1. The Hall–Kier alpha value is -3.30. The summed E-state index contributed by atoms with van der Waals surface area (Å²) >= 11 is 4.14. The van der Waals surface area contributed by atoms with E-state index in [0.29, 0.717) is 6.42 Å². The molecule has 0 bridgehead atoms. The summed E-state index contributed by atoms with van der Waals surface area (Å²) in [5, 5.41) is 15.6. The van der Waals surface area contributed by atoms with Crippen molar-refractivity contribution in [2.24, 2.45) is 5.73 Å². The summed E-state index contributed by atoms with van der Waals surface area (Å²) in [4.78, 5) is 40.1. The highest BCUT2D eigenvalue weighted by Crippen LogP contribution is 2.19. The van der Waals surface area contributed by atoms with Crippen LogP contribution in [-0.2, 0) is 27.2 Å². The molecule has 1 aromatic heterocycles. The molecule has 1 heterocycles. The average Bonchev–Trinajstić information content (AvgIpc) is 3.20. The van der Waals surface area contributed by atoms with Crippen molar-refractivity contribution >= 4 is 41.3 Å². The van der Waals surface area contributed by atoms with E-state index >= 15 is 0 Å². The van der Waals surface area contributed by atoms with Gasteiger partial charge in [-0.05, 0) is 23.6 Å². The second-order valence-corrected chi connectivity index (χ2v) is 7.87. The van der Waals surface area contributed by atoms with Crippen LogP contribution >= 0.6 is 12.6 Å². The summed E-state index contributed by atoms with van der Waals surface area (Å²) in [7, 11) is 0. The van der Waals surface area contributed by atoms with E-state index in [4.69, 9.17) is 5.73 Å². The minimum atomic E-state index is -1.17. The van der Waals surface area contributed by atoms with E-state index in [1.54, 1.807) is 6.20 Å². The van der Waals surface area contributed by atoms with Gasteiger partial charge in [0, 0.05) is 29.3 Å². The summed E-state index contributed by atoms with van der Waals surface area (Å²) in [5.74, 6) is -2.32. The summed E-state index contributed by atoms with van der Waals surface area (Å²) in [5.41, 5.74) is 8.52. The number of hydrogen-bond acceptors (Lipinski definition) is 5. The fourth-order valence-corrected chi connectivity index (χ4v) is 3.68. The van der Waals surface area contributed by atoms with Crippen LogP contribution in [0.1, 0.15) is 11.1 Å². The van der Waals surface area contributed by atoms with Crippen molar-refractivity contribution < 1.29 is 19.5 Å². The summed E-state index contributed by atoms with van der Waals surface area (Å²) < 4.78 is 0. The fraction of sp³-hybridized carbons (Fsp3) is 0.261. The van der Waals surface area contributed by atoms with E-state index in [9.17, 15) is 19.5 Å². The predicted molar refractivity (Wildman–Crippen MR) is 125 cm³/mol. The quantitative estimate of drug-likeness (QED) is 0.256.